The summed E-state index contributed by atoms with van der Waals surface area (Å²) in [5.74, 6) is 6.45. The summed E-state index contributed by atoms with van der Waals surface area (Å²) in [6.07, 6.45) is 5.93. The molecule has 0 heterocycles. The fraction of sp³-hybridized carbons (Fsp3) is 0.588. The van der Waals surface area contributed by atoms with Crippen LogP contribution in [0.25, 0.3) is 0 Å². The van der Waals surface area contributed by atoms with Crippen LogP contribution < -0.4 is 11.3 Å². The van der Waals surface area contributed by atoms with Crippen LogP contribution in [0.4, 0.5) is 5.69 Å². The van der Waals surface area contributed by atoms with Crippen LogP contribution in [0.2, 0.25) is 0 Å². The fourth-order valence-electron chi connectivity index (χ4n) is 3.26. The molecule has 2 rings (SSSR count). The average molecular weight is 289 g/mol. The standard InChI is InChI=1S/C17H27N3O/c1-4-13-6-8-14(9-7-13)20(3)17(21)15-10-5-12(2)11-16(15)19-18/h5,10-11,13-14,19H,4,6-9,18H2,1-3H3. The topological polar surface area (TPSA) is 58.4 Å². The molecule has 4 heteroatoms. The minimum Gasteiger partial charge on any atom is -0.339 e. The molecular weight excluding hydrogens is 262 g/mol. The Morgan fingerprint density at radius 1 is 1.33 bits per heavy atom. The van der Waals surface area contributed by atoms with E-state index in [1.807, 2.05) is 37.1 Å². The first-order chi connectivity index (χ1) is 10.1. The second-order valence-electron chi connectivity index (χ2n) is 6.19. The van der Waals surface area contributed by atoms with E-state index in [4.69, 9.17) is 5.84 Å². The van der Waals surface area contributed by atoms with E-state index < -0.39 is 0 Å². The number of nitrogens with one attached hydrogen (secondary N) is 1. The Bertz CT molecular complexity index is 493. The molecule has 0 radical (unpaired) electrons. The van der Waals surface area contributed by atoms with E-state index in [1.165, 1.54) is 19.3 Å². The molecule has 0 saturated heterocycles. The lowest BCUT2D eigenvalue weighted by Gasteiger charge is -2.34. The highest BCUT2D eigenvalue weighted by Gasteiger charge is 2.27. The molecule has 0 unspecified atom stereocenters. The SMILES string of the molecule is CCC1CCC(N(C)C(=O)c2ccc(C)cc2NN)CC1. The van der Waals surface area contributed by atoms with Crippen molar-refractivity contribution < 1.29 is 4.79 Å². The number of nitrogens with two attached hydrogens (primary N) is 1. The Morgan fingerprint density at radius 2 is 2.00 bits per heavy atom. The van der Waals surface area contributed by atoms with E-state index in [1.54, 1.807) is 0 Å². The predicted octanol–water partition coefficient (Wildman–Crippen LogP) is 3.32. The smallest absolute Gasteiger partial charge is 0.255 e. The molecule has 0 aromatic heterocycles. The summed E-state index contributed by atoms with van der Waals surface area (Å²) in [7, 11) is 1.92. The van der Waals surface area contributed by atoms with Gasteiger partial charge in [0.2, 0.25) is 0 Å². The van der Waals surface area contributed by atoms with Gasteiger partial charge in [0, 0.05) is 13.1 Å². The molecule has 116 valence electrons. The molecule has 1 aromatic rings. The summed E-state index contributed by atoms with van der Waals surface area (Å²) in [5, 5.41) is 0. The molecule has 0 aliphatic heterocycles. The van der Waals surface area contributed by atoms with Gasteiger partial charge in [0.05, 0.1) is 11.3 Å². The fourth-order valence-corrected chi connectivity index (χ4v) is 3.26. The second kappa shape index (κ2) is 6.94. The van der Waals surface area contributed by atoms with Crippen LogP contribution in [-0.4, -0.2) is 23.9 Å². The average Bonchev–Trinajstić information content (AvgIpc) is 2.53. The van der Waals surface area contributed by atoms with Crippen molar-refractivity contribution in [1.29, 1.82) is 0 Å². The summed E-state index contributed by atoms with van der Waals surface area (Å²) in [6, 6.07) is 6.08. The van der Waals surface area contributed by atoms with Crippen LogP contribution in [0.3, 0.4) is 0 Å². The number of hydrazine groups is 1. The molecule has 1 saturated carbocycles. The van der Waals surface area contributed by atoms with Gasteiger partial charge in [-0.05, 0) is 56.2 Å². The predicted molar refractivity (Wildman–Crippen MR) is 87.1 cm³/mol. The Balaban J connectivity index is 2.09. The Labute approximate surface area is 127 Å². The molecule has 1 fully saturated rings. The molecule has 1 aromatic carbocycles. The maximum absolute atomic E-state index is 12.7. The first-order valence-electron chi connectivity index (χ1n) is 7.91. The van der Waals surface area contributed by atoms with Gasteiger partial charge in [-0.15, -0.1) is 0 Å². The zero-order chi connectivity index (χ0) is 15.4. The van der Waals surface area contributed by atoms with Crippen LogP contribution >= 0.6 is 0 Å². The number of hydrogen-bond acceptors (Lipinski definition) is 3. The third-order valence-corrected chi connectivity index (χ3v) is 4.82. The lowest BCUT2D eigenvalue weighted by atomic mass is 9.84. The third kappa shape index (κ3) is 3.56. The molecular formula is C17H27N3O. The summed E-state index contributed by atoms with van der Waals surface area (Å²) in [5.41, 5.74) is 5.09. The van der Waals surface area contributed by atoms with Crippen molar-refractivity contribution in [3.05, 3.63) is 29.3 Å². The van der Waals surface area contributed by atoms with Crippen molar-refractivity contribution in [2.75, 3.05) is 12.5 Å². The molecule has 0 bridgehead atoms. The number of benzene rings is 1. The first kappa shape index (κ1) is 15.8. The quantitative estimate of drug-likeness (QED) is 0.660. The highest BCUT2D eigenvalue weighted by molar-refractivity contribution is 5.99. The van der Waals surface area contributed by atoms with E-state index >= 15 is 0 Å². The van der Waals surface area contributed by atoms with Gasteiger partial charge in [-0.1, -0.05) is 19.4 Å². The summed E-state index contributed by atoms with van der Waals surface area (Å²) in [6.45, 7) is 4.25. The number of carbonyl (C=O) groups excluding carboxylic acids is 1. The summed E-state index contributed by atoms with van der Waals surface area (Å²) >= 11 is 0. The van der Waals surface area contributed by atoms with E-state index in [9.17, 15) is 4.79 Å². The molecule has 1 aliphatic carbocycles. The number of carbonyl (C=O) groups is 1. The number of amides is 1. The van der Waals surface area contributed by atoms with Gasteiger partial charge in [-0.2, -0.15) is 0 Å². The summed E-state index contributed by atoms with van der Waals surface area (Å²) < 4.78 is 0. The van der Waals surface area contributed by atoms with E-state index in [0.717, 1.165) is 24.3 Å². The molecule has 1 amide bonds. The minimum absolute atomic E-state index is 0.0582. The van der Waals surface area contributed by atoms with Crippen molar-refractivity contribution in [1.82, 2.24) is 4.90 Å². The molecule has 0 atom stereocenters. The molecule has 21 heavy (non-hydrogen) atoms. The van der Waals surface area contributed by atoms with Gasteiger partial charge in [-0.3, -0.25) is 10.6 Å². The lowest BCUT2D eigenvalue weighted by Crippen LogP contribution is -2.39. The first-order valence-corrected chi connectivity index (χ1v) is 7.91. The Hall–Kier alpha value is -1.55. The summed E-state index contributed by atoms with van der Waals surface area (Å²) in [4.78, 5) is 14.6. The van der Waals surface area contributed by atoms with Crippen molar-refractivity contribution in [3.8, 4) is 0 Å². The molecule has 3 N–H and O–H groups in total. The van der Waals surface area contributed by atoms with Gasteiger partial charge in [0.25, 0.3) is 5.91 Å². The van der Waals surface area contributed by atoms with Crippen molar-refractivity contribution in [2.24, 2.45) is 11.8 Å². The van der Waals surface area contributed by atoms with Gasteiger partial charge < -0.3 is 10.3 Å². The Kier molecular flexibility index (Phi) is 5.23. The third-order valence-electron chi connectivity index (χ3n) is 4.82. The Morgan fingerprint density at radius 3 is 2.57 bits per heavy atom. The highest BCUT2D eigenvalue weighted by Crippen LogP contribution is 2.30. The highest BCUT2D eigenvalue weighted by atomic mass is 16.2. The van der Waals surface area contributed by atoms with Gasteiger partial charge >= 0.3 is 0 Å². The maximum Gasteiger partial charge on any atom is 0.255 e. The van der Waals surface area contributed by atoms with Crippen LogP contribution in [0, 0.1) is 12.8 Å². The number of nitrogens with zero attached hydrogens (tertiary/aromatic N) is 1. The van der Waals surface area contributed by atoms with Crippen LogP contribution in [0.5, 0.6) is 0 Å². The number of rotatable bonds is 4. The van der Waals surface area contributed by atoms with Crippen molar-refractivity contribution in [3.63, 3.8) is 0 Å². The van der Waals surface area contributed by atoms with Crippen LogP contribution in [0.15, 0.2) is 18.2 Å². The second-order valence-corrected chi connectivity index (χ2v) is 6.19. The lowest BCUT2D eigenvalue weighted by molar-refractivity contribution is 0.0675. The van der Waals surface area contributed by atoms with E-state index in [-0.39, 0.29) is 5.91 Å². The van der Waals surface area contributed by atoms with Crippen molar-refractivity contribution in [2.45, 2.75) is 52.0 Å². The monoisotopic (exact) mass is 289 g/mol. The zero-order valence-electron chi connectivity index (χ0n) is 13.4. The van der Waals surface area contributed by atoms with E-state index in [2.05, 4.69) is 12.3 Å². The van der Waals surface area contributed by atoms with E-state index in [0.29, 0.717) is 17.3 Å². The molecule has 1 aliphatic rings. The van der Waals surface area contributed by atoms with Crippen LogP contribution in [0.1, 0.15) is 54.9 Å². The normalized spacial score (nSPS) is 21.9. The van der Waals surface area contributed by atoms with Gasteiger partial charge in [0.15, 0.2) is 0 Å². The molecule has 4 nitrogen and oxygen atoms in total. The van der Waals surface area contributed by atoms with Gasteiger partial charge in [0.1, 0.15) is 0 Å². The number of hydrogen-bond donors (Lipinski definition) is 2. The number of anilines is 1. The maximum atomic E-state index is 12.7. The van der Waals surface area contributed by atoms with Crippen molar-refractivity contribution >= 4 is 11.6 Å². The number of aryl methyl sites for hydroxylation is 1. The zero-order valence-corrected chi connectivity index (χ0v) is 13.4. The largest absolute Gasteiger partial charge is 0.339 e. The van der Waals surface area contributed by atoms with Gasteiger partial charge in [-0.25, -0.2) is 0 Å². The molecule has 0 spiro atoms. The number of nitrogen functional groups attached to an aromatic ring is 1. The minimum atomic E-state index is 0.0582. The van der Waals surface area contributed by atoms with Crippen LogP contribution in [-0.2, 0) is 0 Å².